The van der Waals surface area contributed by atoms with Gasteiger partial charge in [0.05, 0.1) is 13.1 Å². The summed E-state index contributed by atoms with van der Waals surface area (Å²) in [5.41, 5.74) is 3.20. The van der Waals surface area contributed by atoms with Crippen molar-refractivity contribution in [1.82, 2.24) is 10.6 Å². The van der Waals surface area contributed by atoms with E-state index in [-0.39, 0.29) is 24.9 Å². The average Bonchev–Trinajstić information content (AvgIpc) is 2.28. The molecule has 1 saturated heterocycles. The zero-order valence-corrected chi connectivity index (χ0v) is 10.6. The van der Waals surface area contributed by atoms with E-state index in [1.54, 1.807) is 4.90 Å². The SMILES string of the molecule is CNCc1ccc(N2CC(=O)NC(=O)C2)c(C)c1. The predicted octanol–water partition coefficient (Wildman–Crippen LogP) is 0.177. The zero-order valence-electron chi connectivity index (χ0n) is 10.6. The first kappa shape index (κ1) is 12.6. The molecule has 0 unspecified atom stereocenters. The van der Waals surface area contributed by atoms with Gasteiger partial charge in [-0.15, -0.1) is 0 Å². The number of carbonyl (C=O) groups excluding carboxylic acids is 2. The Morgan fingerprint density at radius 1 is 1.28 bits per heavy atom. The molecule has 1 aliphatic heterocycles. The second kappa shape index (κ2) is 5.18. The van der Waals surface area contributed by atoms with Gasteiger partial charge in [-0.1, -0.05) is 12.1 Å². The van der Waals surface area contributed by atoms with Gasteiger partial charge in [-0.25, -0.2) is 0 Å². The van der Waals surface area contributed by atoms with Gasteiger partial charge in [-0.05, 0) is 31.2 Å². The van der Waals surface area contributed by atoms with Crippen LogP contribution in [0.3, 0.4) is 0 Å². The van der Waals surface area contributed by atoms with Crippen LogP contribution in [0.1, 0.15) is 11.1 Å². The fraction of sp³-hybridized carbons (Fsp3) is 0.385. The van der Waals surface area contributed by atoms with Gasteiger partial charge in [-0.2, -0.15) is 0 Å². The van der Waals surface area contributed by atoms with Crippen molar-refractivity contribution in [2.24, 2.45) is 0 Å². The number of hydrogen-bond acceptors (Lipinski definition) is 4. The molecule has 1 aromatic rings. The molecule has 0 aliphatic carbocycles. The smallest absolute Gasteiger partial charge is 0.246 e. The van der Waals surface area contributed by atoms with E-state index in [4.69, 9.17) is 0 Å². The Morgan fingerprint density at radius 2 is 1.94 bits per heavy atom. The lowest BCUT2D eigenvalue weighted by atomic mass is 10.1. The molecule has 5 nitrogen and oxygen atoms in total. The Hall–Kier alpha value is -1.88. The van der Waals surface area contributed by atoms with Gasteiger partial charge < -0.3 is 10.2 Å². The topological polar surface area (TPSA) is 61.4 Å². The highest BCUT2D eigenvalue weighted by Gasteiger charge is 2.23. The van der Waals surface area contributed by atoms with Gasteiger partial charge >= 0.3 is 0 Å². The lowest BCUT2D eigenvalue weighted by molar-refractivity contribution is -0.130. The quantitative estimate of drug-likeness (QED) is 0.748. The molecule has 1 fully saturated rings. The van der Waals surface area contributed by atoms with Crippen LogP contribution < -0.4 is 15.5 Å². The molecule has 0 aromatic heterocycles. The third-order valence-electron chi connectivity index (χ3n) is 2.93. The molecule has 1 aromatic carbocycles. The fourth-order valence-corrected chi connectivity index (χ4v) is 2.19. The second-order valence-corrected chi connectivity index (χ2v) is 4.48. The van der Waals surface area contributed by atoms with Crippen molar-refractivity contribution < 1.29 is 9.59 Å². The number of nitrogens with one attached hydrogen (secondary N) is 2. The van der Waals surface area contributed by atoms with Crippen LogP contribution >= 0.6 is 0 Å². The van der Waals surface area contributed by atoms with Crippen LogP contribution in [0.25, 0.3) is 0 Å². The highest BCUT2D eigenvalue weighted by atomic mass is 16.2. The lowest BCUT2D eigenvalue weighted by Crippen LogP contribution is -2.51. The molecule has 0 radical (unpaired) electrons. The van der Waals surface area contributed by atoms with E-state index in [9.17, 15) is 9.59 Å². The van der Waals surface area contributed by atoms with Crippen LogP contribution in [-0.2, 0) is 16.1 Å². The number of anilines is 1. The largest absolute Gasteiger partial charge is 0.353 e. The molecule has 1 aliphatic rings. The highest BCUT2D eigenvalue weighted by molar-refractivity contribution is 6.02. The summed E-state index contributed by atoms with van der Waals surface area (Å²) in [4.78, 5) is 24.5. The molecular weight excluding hydrogens is 230 g/mol. The van der Waals surface area contributed by atoms with E-state index in [0.29, 0.717) is 0 Å². The van der Waals surface area contributed by atoms with Crippen LogP contribution in [0.15, 0.2) is 18.2 Å². The number of rotatable bonds is 3. The molecule has 0 spiro atoms. The van der Waals surface area contributed by atoms with Crippen LogP contribution in [0, 0.1) is 6.92 Å². The Kier molecular flexibility index (Phi) is 3.62. The Labute approximate surface area is 106 Å². The first-order valence-electron chi connectivity index (χ1n) is 5.92. The standard InChI is InChI=1S/C13H17N3O2/c1-9-5-10(6-14-2)3-4-11(9)16-7-12(17)15-13(18)8-16/h3-5,14H,6-8H2,1-2H3,(H,15,17,18). The van der Waals surface area contributed by atoms with Gasteiger partial charge in [0.25, 0.3) is 0 Å². The average molecular weight is 247 g/mol. The maximum absolute atomic E-state index is 11.4. The molecule has 5 heteroatoms. The summed E-state index contributed by atoms with van der Waals surface area (Å²) < 4.78 is 0. The summed E-state index contributed by atoms with van der Waals surface area (Å²) in [5, 5.41) is 5.39. The minimum Gasteiger partial charge on any atom is -0.353 e. The summed E-state index contributed by atoms with van der Waals surface area (Å²) in [6.45, 7) is 3.27. The van der Waals surface area contributed by atoms with Gasteiger partial charge in [-0.3, -0.25) is 14.9 Å². The number of amides is 2. The molecule has 96 valence electrons. The highest BCUT2D eigenvalue weighted by Crippen LogP contribution is 2.22. The second-order valence-electron chi connectivity index (χ2n) is 4.48. The van der Waals surface area contributed by atoms with Crippen LogP contribution in [0.4, 0.5) is 5.69 Å². The van der Waals surface area contributed by atoms with Gasteiger partial charge in [0, 0.05) is 12.2 Å². The maximum Gasteiger partial charge on any atom is 0.246 e. The molecule has 1 heterocycles. The monoisotopic (exact) mass is 247 g/mol. The van der Waals surface area contributed by atoms with Gasteiger partial charge in [0.1, 0.15) is 0 Å². The molecule has 2 amide bonds. The van der Waals surface area contributed by atoms with E-state index in [0.717, 1.165) is 17.8 Å². The number of imide groups is 1. The summed E-state index contributed by atoms with van der Waals surface area (Å²) >= 11 is 0. The van der Waals surface area contributed by atoms with Crippen molar-refractivity contribution in [3.8, 4) is 0 Å². The minimum absolute atomic E-state index is 0.234. The third-order valence-corrected chi connectivity index (χ3v) is 2.93. The number of aryl methyl sites for hydroxylation is 1. The summed E-state index contributed by atoms with van der Waals surface area (Å²) in [7, 11) is 1.90. The summed E-state index contributed by atoms with van der Waals surface area (Å²) in [6, 6.07) is 6.05. The van der Waals surface area contributed by atoms with Gasteiger partial charge in [0.15, 0.2) is 0 Å². The number of hydrogen-bond donors (Lipinski definition) is 2. The molecule has 0 bridgehead atoms. The van der Waals surface area contributed by atoms with Crippen LogP contribution in [0.2, 0.25) is 0 Å². The summed E-state index contributed by atoms with van der Waals surface area (Å²) in [5.74, 6) is -0.491. The number of nitrogens with zero attached hydrogens (tertiary/aromatic N) is 1. The van der Waals surface area contributed by atoms with Crippen LogP contribution in [-0.4, -0.2) is 32.0 Å². The molecular formula is C13H17N3O2. The Balaban J connectivity index is 2.22. The number of benzene rings is 1. The molecule has 0 saturated carbocycles. The van der Waals surface area contributed by atoms with E-state index in [2.05, 4.69) is 16.7 Å². The zero-order chi connectivity index (χ0) is 13.1. The normalized spacial score (nSPS) is 15.8. The summed E-state index contributed by atoms with van der Waals surface area (Å²) in [6.07, 6.45) is 0. The van der Waals surface area contributed by atoms with Crippen molar-refractivity contribution in [3.05, 3.63) is 29.3 Å². The Bertz CT molecular complexity index is 469. The Morgan fingerprint density at radius 3 is 2.50 bits per heavy atom. The third kappa shape index (κ3) is 2.68. The van der Waals surface area contributed by atoms with Crippen molar-refractivity contribution in [3.63, 3.8) is 0 Å². The lowest BCUT2D eigenvalue weighted by Gasteiger charge is -2.28. The minimum atomic E-state index is -0.245. The van der Waals surface area contributed by atoms with Gasteiger partial charge in [0.2, 0.25) is 11.8 Å². The van der Waals surface area contributed by atoms with E-state index in [1.165, 1.54) is 5.56 Å². The van der Waals surface area contributed by atoms with Crippen molar-refractivity contribution in [1.29, 1.82) is 0 Å². The van der Waals surface area contributed by atoms with E-state index >= 15 is 0 Å². The maximum atomic E-state index is 11.4. The first-order valence-corrected chi connectivity index (χ1v) is 5.92. The fourth-order valence-electron chi connectivity index (χ4n) is 2.19. The van der Waals surface area contributed by atoms with Crippen LogP contribution in [0.5, 0.6) is 0 Å². The number of piperazine rings is 1. The first-order chi connectivity index (χ1) is 8.60. The molecule has 18 heavy (non-hydrogen) atoms. The molecule has 0 atom stereocenters. The number of carbonyl (C=O) groups is 2. The van der Waals surface area contributed by atoms with Crippen molar-refractivity contribution in [2.45, 2.75) is 13.5 Å². The molecule has 2 N–H and O–H groups in total. The van der Waals surface area contributed by atoms with Crippen molar-refractivity contribution in [2.75, 3.05) is 25.0 Å². The van der Waals surface area contributed by atoms with E-state index < -0.39 is 0 Å². The predicted molar refractivity (Wildman–Crippen MR) is 69.3 cm³/mol. The van der Waals surface area contributed by atoms with Crippen molar-refractivity contribution >= 4 is 17.5 Å². The molecule has 2 rings (SSSR count). The van der Waals surface area contributed by atoms with E-state index in [1.807, 2.05) is 26.1 Å².